The Morgan fingerprint density at radius 1 is 1.03 bits per heavy atom. The quantitative estimate of drug-likeness (QED) is 0.371. The third-order valence-corrected chi connectivity index (χ3v) is 6.92. The molecular weight excluding hydrogens is 498 g/mol. The fourth-order valence-electron chi connectivity index (χ4n) is 4.84. The summed E-state index contributed by atoms with van der Waals surface area (Å²) in [7, 11) is 0. The van der Waals surface area contributed by atoms with Crippen molar-refractivity contribution in [3.63, 3.8) is 0 Å². The number of nitrogens with zero attached hydrogens (tertiary/aromatic N) is 4. The van der Waals surface area contributed by atoms with Crippen LogP contribution in [-0.4, -0.2) is 56.8 Å². The third kappa shape index (κ3) is 5.61. The van der Waals surface area contributed by atoms with Crippen LogP contribution in [0.25, 0.3) is 22.5 Å². The molecule has 0 bridgehead atoms. The van der Waals surface area contributed by atoms with Crippen molar-refractivity contribution in [2.75, 3.05) is 26.3 Å². The normalized spacial score (nSPS) is 13.5. The van der Waals surface area contributed by atoms with Gasteiger partial charge in [0.2, 0.25) is 0 Å². The van der Waals surface area contributed by atoms with Crippen LogP contribution in [0.3, 0.4) is 0 Å². The predicted molar refractivity (Wildman–Crippen MR) is 146 cm³/mol. The van der Waals surface area contributed by atoms with Gasteiger partial charge in [-0.1, -0.05) is 67.0 Å². The van der Waals surface area contributed by atoms with Crippen LogP contribution in [0.2, 0.25) is 0 Å². The van der Waals surface area contributed by atoms with E-state index in [4.69, 9.17) is 9.72 Å². The molecule has 39 heavy (non-hydrogen) atoms. The lowest BCUT2D eigenvalue weighted by Crippen LogP contribution is -2.44. The number of unbranched alkanes of at least 4 members (excludes halogenated alkanes) is 1. The molecule has 202 valence electrons. The first-order valence-electron chi connectivity index (χ1n) is 13.2. The summed E-state index contributed by atoms with van der Waals surface area (Å²) in [6.45, 7) is 5.97. The molecule has 1 aliphatic heterocycles. The van der Waals surface area contributed by atoms with Crippen molar-refractivity contribution in [1.82, 2.24) is 24.6 Å². The van der Waals surface area contributed by atoms with Gasteiger partial charge in [0.05, 0.1) is 25.5 Å². The Morgan fingerprint density at radius 2 is 1.74 bits per heavy atom. The van der Waals surface area contributed by atoms with Crippen LogP contribution in [-0.2, 0) is 17.7 Å². The average Bonchev–Trinajstić information content (AvgIpc) is 3.40. The predicted octanol–water partition coefficient (Wildman–Crippen LogP) is 3.43. The first-order chi connectivity index (χ1) is 19.0. The van der Waals surface area contributed by atoms with Crippen molar-refractivity contribution in [1.29, 1.82) is 0 Å². The van der Waals surface area contributed by atoms with E-state index in [1.807, 2.05) is 48.5 Å². The summed E-state index contributed by atoms with van der Waals surface area (Å²) in [4.78, 5) is 47.5. The number of benzene rings is 2. The fourth-order valence-corrected chi connectivity index (χ4v) is 4.84. The summed E-state index contributed by atoms with van der Waals surface area (Å²) in [5.41, 5.74) is 3.73. The molecule has 1 amide bonds. The zero-order valence-corrected chi connectivity index (χ0v) is 22.1. The fraction of sp³-hybridized carbons (Fsp3) is 0.345. The molecule has 1 aliphatic rings. The lowest BCUT2D eigenvalue weighted by molar-refractivity contribution is 0.0300. The molecule has 3 heterocycles. The molecule has 5 rings (SSSR count). The lowest BCUT2D eigenvalue weighted by atomic mass is 9.98. The molecule has 0 aliphatic carbocycles. The average molecular weight is 530 g/mol. The number of aromatic nitrogens is 4. The summed E-state index contributed by atoms with van der Waals surface area (Å²) in [6, 6.07) is 15.4. The van der Waals surface area contributed by atoms with E-state index in [0.29, 0.717) is 56.6 Å². The first kappa shape index (κ1) is 26.3. The van der Waals surface area contributed by atoms with Gasteiger partial charge in [-0.25, -0.2) is 9.78 Å². The molecule has 4 aromatic rings. The molecule has 1 fully saturated rings. The molecule has 1 saturated heterocycles. The van der Waals surface area contributed by atoms with Gasteiger partial charge in [-0.3, -0.25) is 23.7 Å². The molecule has 0 radical (unpaired) electrons. The summed E-state index contributed by atoms with van der Waals surface area (Å²) in [5, 5.41) is 3.83. The van der Waals surface area contributed by atoms with Crippen molar-refractivity contribution < 1.29 is 14.1 Å². The van der Waals surface area contributed by atoms with E-state index in [9.17, 15) is 14.4 Å². The van der Waals surface area contributed by atoms with Crippen LogP contribution in [0.15, 0.2) is 62.6 Å². The maximum Gasteiger partial charge on any atom is 0.439 e. The van der Waals surface area contributed by atoms with E-state index in [0.717, 1.165) is 35.1 Å². The Hall–Kier alpha value is -4.31. The highest BCUT2D eigenvalue weighted by atomic mass is 16.5. The minimum atomic E-state index is -0.613. The molecule has 0 saturated carbocycles. The molecular formula is C29H31N5O5. The number of hydrogen-bond donors (Lipinski definition) is 1. The topological polar surface area (TPSA) is 123 Å². The van der Waals surface area contributed by atoms with Gasteiger partial charge in [-0.15, -0.1) is 0 Å². The SMILES string of the molecule is CCCCc1nc(C)c(C(=O)N2CCOCC2)c(=O)n1Cc1ccc(-c2ccccc2-c2noc(=O)[nH]2)cc1. The minimum Gasteiger partial charge on any atom is -0.378 e. The third-order valence-electron chi connectivity index (χ3n) is 6.92. The maximum absolute atomic E-state index is 13.8. The number of hydrogen-bond acceptors (Lipinski definition) is 7. The molecule has 0 unspecified atom stereocenters. The summed E-state index contributed by atoms with van der Waals surface area (Å²) < 4.78 is 11.7. The van der Waals surface area contributed by atoms with Crippen LogP contribution < -0.4 is 11.3 Å². The largest absolute Gasteiger partial charge is 0.439 e. The molecule has 0 spiro atoms. The molecule has 0 atom stereocenters. The Kier molecular flexibility index (Phi) is 7.83. The number of carbonyl (C=O) groups excluding carboxylic acids is 1. The Morgan fingerprint density at radius 3 is 2.41 bits per heavy atom. The highest BCUT2D eigenvalue weighted by Crippen LogP contribution is 2.30. The number of H-pyrrole nitrogens is 1. The van der Waals surface area contributed by atoms with Gasteiger partial charge in [0.15, 0.2) is 5.82 Å². The number of aromatic amines is 1. The standard InChI is InChI=1S/C29H31N5O5/c1-3-4-9-24-30-19(2)25(27(35)33-14-16-38-17-15-33)28(36)34(24)18-20-10-12-21(13-11-20)22-7-5-6-8-23(22)26-31-29(37)39-32-26/h5-8,10-13H,3-4,9,14-18H2,1-2H3,(H,31,32,37). The highest BCUT2D eigenvalue weighted by Gasteiger charge is 2.26. The molecule has 1 N–H and O–H groups in total. The zero-order valence-electron chi connectivity index (χ0n) is 22.1. The van der Waals surface area contributed by atoms with Crippen molar-refractivity contribution in [2.45, 2.75) is 39.7 Å². The van der Waals surface area contributed by atoms with Gasteiger partial charge < -0.3 is 9.64 Å². The van der Waals surface area contributed by atoms with Gasteiger partial charge >= 0.3 is 5.76 Å². The molecule has 10 heteroatoms. The van der Waals surface area contributed by atoms with Crippen molar-refractivity contribution in [3.8, 4) is 22.5 Å². The van der Waals surface area contributed by atoms with Crippen molar-refractivity contribution >= 4 is 5.91 Å². The molecule has 2 aromatic heterocycles. The van der Waals surface area contributed by atoms with Gasteiger partial charge in [-0.05, 0) is 30.0 Å². The van der Waals surface area contributed by atoms with E-state index in [-0.39, 0.29) is 17.0 Å². The summed E-state index contributed by atoms with van der Waals surface area (Å²) >= 11 is 0. The van der Waals surface area contributed by atoms with E-state index in [1.54, 1.807) is 16.4 Å². The van der Waals surface area contributed by atoms with Crippen molar-refractivity contribution in [2.24, 2.45) is 0 Å². The highest BCUT2D eigenvalue weighted by molar-refractivity contribution is 5.95. The van der Waals surface area contributed by atoms with E-state index in [1.165, 1.54) is 0 Å². The molecule has 2 aromatic carbocycles. The van der Waals surface area contributed by atoms with Crippen LogP contribution in [0.4, 0.5) is 0 Å². The van der Waals surface area contributed by atoms with Gasteiger partial charge in [0.1, 0.15) is 11.4 Å². The van der Waals surface area contributed by atoms with Crippen LogP contribution in [0, 0.1) is 6.92 Å². The monoisotopic (exact) mass is 529 g/mol. The number of amides is 1. The first-order valence-corrected chi connectivity index (χ1v) is 13.2. The second-order valence-electron chi connectivity index (χ2n) is 9.57. The number of carbonyl (C=O) groups is 1. The van der Waals surface area contributed by atoms with Crippen molar-refractivity contribution in [3.05, 3.63) is 92.1 Å². The minimum absolute atomic E-state index is 0.129. The molecule has 10 nitrogen and oxygen atoms in total. The van der Waals surface area contributed by atoms with Crippen LogP contribution >= 0.6 is 0 Å². The van der Waals surface area contributed by atoms with Gasteiger partial charge in [0.25, 0.3) is 11.5 Å². The lowest BCUT2D eigenvalue weighted by Gasteiger charge is -2.27. The zero-order chi connectivity index (χ0) is 27.4. The van der Waals surface area contributed by atoms with Crippen LogP contribution in [0.5, 0.6) is 0 Å². The maximum atomic E-state index is 13.8. The van der Waals surface area contributed by atoms with E-state index in [2.05, 4.69) is 21.6 Å². The number of aryl methyl sites for hydroxylation is 2. The Bertz CT molecular complexity index is 1580. The summed E-state index contributed by atoms with van der Waals surface area (Å²) in [6.07, 6.45) is 2.51. The summed E-state index contributed by atoms with van der Waals surface area (Å²) in [5.74, 6) is 0.136. The smallest absolute Gasteiger partial charge is 0.378 e. The van der Waals surface area contributed by atoms with Crippen LogP contribution in [0.1, 0.15) is 47.2 Å². The second-order valence-corrected chi connectivity index (χ2v) is 9.57. The number of rotatable bonds is 8. The van der Waals surface area contributed by atoms with Gasteiger partial charge in [-0.2, -0.15) is 0 Å². The van der Waals surface area contributed by atoms with E-state index < -0.39 is 5.76 Å². The Balaban J connectivity index is 1.48. The number of nitrogens with one attached hydrogen (secondary N) is 1. The van der Waals surface area contributed by atoms with Gasteiger partial charge in [0, 0.05) is 25.1 Å². The number of ether oxygens (including phenoxy) is 1. The second kappa shape index (κ2) is 11.6. The number of morpholine rings is 1. The Labute approximate surface area is 225 Å². The van der Waals surface area contributed by atoms with E-state index >= 15 is 0 Å².